The lowest BCUT2D eigenvalue weighted by Crippen LogP contribution is -2.41. The van der Waals surface area contributed by atoms with E-state index in [-0.39, 0.29) is 29.9 Å². The van der Waals surface area contributed by atoms with Gasteiger partial charge in [0.05, 0.1) is 52.8 Å². The topological polar surface area (TPSA) is 235 Å². The molecule has 0 atom stereocenters. The van der Waals surface area contributed by atoms with Crippen molar-refractivity contribution in [2.24, 2.45) is 0 Å². The molecule has 55 heavy (non-hydrogen) atoms. The van der Waals surface area contributed by atoms with Crippen molar-refractivity contribution >= 4 is 29.9 Å². The van der Waals surface area contributed by atoms with Crippen molar-refractivity contribution in [1.82, 2.24) is 14.1 Å². The van der Waals surface area contributed by atoms with Crippen LogP contribution in [0.5, 0.6) is 0 Å². The van der Waals surface area contributed by atoms with Gasteiger partial charge in [0.1, 0.15) is 0 Å². The summed E-state index contributed by atoms with van der Waals surface area (Å²) >= 11 is 0. The second-order valence-electron chi connectivity index (χ2n) is 13.8. The maximum Gasteiger partial charge on any atom is 0.493 e. The van der Waals surface area contributed by atoms with Crippen molar-refractivity contribution < 1.29 is 33.4 Å². The van der Waals surface area contributed by atoms with Gasteiger partial charge in [0.25, 0.3) is 5.56 Å². The Morgan fingerprint density at radius 2 is 1.49 bits per heavy atom. The van der Waals surface area contributed by atoms with Gasteiger partial charge in [-0.15, -0.1) is 0 Å². The van der Waals surface area contributed by atoms with Crippen molar-refractivity contribution in [3.63, 3.8) is 0 Å². The molecular weight excluding hydrogens is 719 g/mol. The molecule has 0 saturated carbocycles. The largest absolute Gasteiger partial charge is 0.502 e. The Kier molecular flexibility index (Phi) is 14.9. The molecule has 19 heteroatoms. The van der Waals surface area contributed by atoms with Gasteiger partial charge in [0, 0.05) is 62.1 Å². The van der Waals surface area contributed by atoms with E-state index in [0.717, 1.165) is 62.7 Å². The summed E-state index contributed by atoms with van der Waals surface area (Å²) in [5, 5.41) is 20.6. The van der Waals surface area contributed by atoms with E-state index in [9.17, 15) is 34.6 Å². The summed E-state index contributed by atoms with van der Waals surface area (Å²) in [4.78, 5) is 55.4. The lowest BCUT2D eigenvalue weighted by molar-refractivity contribution is -0.386. The maximum absolute atomic E-state index is 11.7. The highest BCUT2D eigenvalue weighted by Crippen LogP contribution is 2.39. The number of anilines is 1. The van der Waals surface area contributed by atoms with Gasteiger partial charge in [-0.1, -0.05) is 0 Å². The first-order valence-corrected chi connectivity index (χ1v) is 17.8. The fraction of sp³-hybridized carbons (Fsp3) is 0.472. The van der Waals surface area contributed by atoms with E-state index in [1.807, 2.05) is 6.07 Å². The van der Waals surface area contributed by atoms with Crippen LogP contribution in [-0.2, 0) is 23.5 Å². The molecule has 296 valence electrons. The maximum atomic E-state index is 11.7. The normalized spacial score (nSPS) is 18.7. The molecule has 18 nitrogen and oxygen atoms in total. The van der Waals surface area contributed by atoms with Crippen LogP contribution in [0.3, 0.4) is 0 Å². The average Bonchev–Trinajstić information content (AvgIpc) is 3.40. The SMILES string of the molecule is CC1(C)OB(C2=COCCC2)OC1(C)C.Nc1cccn(C2CCOCC2)c1=O.O=c1[nH]cccc1[N+](=O)[O-].O=c1c([N+](=O)[O-])cccn1C1=CCOCC1. The van der Waals surface area contributed by atoms with Gasteiger partial charge >= 0.3 is 29.6 Å². The minimum Gasteiger partial charge on any atom is -0.502 e. The van der Waals surface area contributed by atoms with Gasteiger partial charge in [0.2, 0.25) is 0 Å². The predicted molar refractivity (Wildman–Crippen MR) is 204 cm³/mol. The van der Waals surface area contributed by atoms with E-state index in [0.29, 0.717) is 25.3 Å². The number of hydrogen-bond donors (Lipinski definition) is 2. The molecule has 0 aromatic carbocycles. The predicted octanol–water partition coefficient (Wildman–Crippen LogP) is 4.39. The molecule has 0 radical (unpaired) electrons. The van der Waals surface area contributed by atoms with Gasteiger partial charge in [-0.25, -0.2) is 0 Å². The first kappa shape index (κ1) is 42.4. The van der Waals surface area contributed by atoms with Crippen molar-refractivity contribution in [1.29, 1.82) is 0 Å². The summed E-state index contributed by atoms with van der Waals surface area (Å²) in [6.45, 7) is 11.5. The number of nitrogens with zero attached hydrogens (tertiary/aromatic N) is 4. The third-order valence-electron chi connectivity index (χ3n) is 9.47. The second-order valence-corrected chi connectivity index (χ2v) is 13.8. The Morgan fingerprint density at radius 1 is 0.836 bits per heavy atom. The lowest BCUT2D eigenvalue weighted by atomic mass is 9.76. The summed E-state index contributed by atoms with van der Waals surface area (Å²) in [5.74, 6) is 0. The molecule has 3 N–H and O–H groups in total. The minimum absolute atomic E-state index is 0.0839. The summed E-state index contributed by atoms with van der Waals surface area (Å²) in [6.07, 6.45) is 12.7. The molecule has 7 heterocycles. The standard InChI is InChI=1S/C11H19BO3.C10H10N2O4.C10H14N2O2.C5H4N2O3/c1-10(2)11(3,4)15-12(14-10)9-6-5-7-13-8-9;13-10-9(12(14)15)2-1-5-11(10)8-3-6-16-7-4-8;11-9-2-1-5-12(10(9)13)8-3-6-14-7-4-8;8-5-4(7(9)10)2-1-3-6-5/h8H,5-7H2,1-4H3;1-3,5H,4,6-7H2;1-2,5,8H,3-4,6-7,11H2;1-3H,(H,6,8). The summed E-state index contributed by atoms with van der Waals surface area (Å²) in [6, 6.07) is 8.96. The Balaban J connectivity index is 0.000000165. The van der Waals surface area contributed by atoms with Crippen LogP contribution in [0.25, 0.3) is 5.70 Å². The third-order valence-corrected chi connectivity index (χ3v) is 9.47. The van der Waals surface area contributed by atoms with Gasteiger partial charge in [-0.05, 0) is 89.2 Å². The van der Waals surface area contributed by atoms with Crippen LogP contribution in [0.15, 0.2) is 87.2 Å². The molecule has 3 aromatic rings. The van der Waals surface area contributed by atoms with Crippen molar-refractivity contribution in [2.75, 3.05) is 38.8 Å². The highest BCUT2D eigenvalue weighted by Gasteiger charge is 2.52. The van der Waals surface area contributed by atoms with Crippen molar-refractivity contribution in [3.8, 4) is 0 Å². The highest BCUT2D eigenvalue weighted by molar-refractivity contribution is 6.54. The van der Waals surface area contributed by atoms with Crippen LogP contribution in [0.1, 0.15) is 65.8 Å². The lowest BCUT2D eigenvalue weighted by Gasteiger charge is -2.32. The Morgan fingerprint density at radius 3 is 2.05 bits per heavy atom. The number of nitrogens with one attached hydrogen (secondary N) is 1. The van der Waals surface area contributed by atoms with E-state index in [1.165, 1.54) is 35.2 Å². The Labute approximate surface area is 316 Å². The third kappa shape index (κ3) is 11.3. The number of ether oxygens (including phenoxy) is 3. The number of aromatic amines is 1. The molecule has 0 unspecified atom stereocenters. The van der Waals surface area contributed by atoms with Crippen molar-refractivity contribution in [3.05, 3.63) is 124 Å². The number of aromatic nitrogens is 3. The zero-order chi connectivity index (χ0) is 40.2. The molecule has 2 saturated heterocycles. The molecule has 7 rings (SSSR count). The molecule has 0 spiro atoms. The van der Waals surface area contributed by atoms with E-state index in [4.69, 9.17) is 29.3 Å². The number of nitrogens with two attached hydrogens (primary N) is 1. The monoisotopic (exact) mass is 766 g/mol. The van der Waals surface area contributed by atoms with Crippen LogP contribution >= 0.6 is 0 Å². The molecular formula is C36H47BN6O12. The van der Waals surface area contributed by atoms with E-state index in [1.54, 1.807) is 29.2 Å². The molecule has 3 aromatic heterocycles. The van der Waals surface area contributed by atoms with E-state index >= 15 is 0 Å². The van der Waals surface area contributed by atoms with Crippen LogP contribution in [0.4, 0.5) is 17.1 Å². The number of pyridine rings is 3. The molecule has 0 aliphatic carbocycles. The van der Waals surface area contributed by atoms with Gasteiger partial charge in [-0.2, -0.15) is 0 Å². The highest BCUT2D eigenvalue weighted by atomic mass is 16.7. The number of nitro groups is 2. The zero-order valence-electron chi connectivity index (χ0n) is 31.3. The fourth-order valence-corrected chi connectivity index (χ4v) is 5.67. The number of rotatable bonds is 5. The van der Waals surface area contributed by atoms with E-state index < -0.39 is 32.3 Å². The zero-order valence-corrected chi connectivity index (χ0v) is 31.3. The van der Waals surface area contributed by atoms with E-state index in [2.05, 4.69) is 32.7 Å². The first-order valence-electron chi connectivity index (χ1n) is 17.8. The van der Waals surface area contributed by atoms with Crippen LogP contribution < -0.4 is 22.4 Å². The summed E-state index contributed by atoms with van der Waals surface area (Å²) in [5.41, 5.74) is 5.06. The quantitative estimate of drug-likeness (QED) is 0.208. The smallest absolute Gasteiger partial charge is 0.493 e. The van der Waals surface area contributed by atoms with Crippen LogP contribution in [0.2, 0.25) is 0 Å². The second kappa shape index (κ2) is 19.3. The Hall–Kier alpha value is -5.37. The van der Waals surface area contributed by atoms with Crippen LogP contribution in [-0.4, -0.2) is 75.3 Å². The molecule has 2 fully saturated rings. The first-order chi connectivity index (χ1) is 26.1. The summed E-state index contributed by atoms with van der Waals surface area (Å²) < 4.78 is 30.6. The van der Waals surface area contributed by atoms with Gasteiger partial charge in [0.15, 0.2) is 0 Å². The molecule has 0 bridgehead atoms. The van der Waals surface area contributed by atoms with Gasteiger partial charge in [-0.3, -0.25) is 39.2 Å². The fourth-order valence-electron chi connectivity index (χ4n) is 5.67. The number of allylic oxidation sites excluding steroid dienone is 1. The number of nitrogen functional groups attached to an aromatic ring is 1. The average molecular weight is 767 g/mol. The molecule has 4 aliphatic rings. The number of H-pyrrole nitrogens is 1. The minimum atomic E-state index is -0.723. The van der Waals surface area contributed by atoms with Crippen molar-refractivity contribution in [2.45, 2.75) is 77.0 Å². The molecule has 0 amide bonds. The number of hydrogen-bond acceptors (Lipinski definition) is 13. The van der Waals surface area contributed by atoms with Gasteiger partial charge < -0.3 is 38.8 Å². The Bertz CT molecular complexity index is 2020. The van der Waals surface area contributed by atoms with Crippen LogP contribution in [0, 0.1) is 20.2 Å². The summed E-state index contributed by atoms with van der Waals surface area (Å²) in [7, 11) is -0.227. The molecule has 4 aliphatic heterocycles.